The van der Waals surface area contributed by atoms with E-state index in [4.69, 9.17) is 15.0 Å². The summed E-state index contributed by atoms with van der Waals surface area (Å²) in [5, 5.41) is 7.92. The molecule has 0 saturated carbocycles. The summed E-state index contributed by atoms with van der Waals surface area (Å²) in [6.45, 7) is 0.936. The molecule has 1 amide bonds. The van der Waals surface area contributed by atoms with E-state index in [9.17, 15) is 14.0 Å². The monoisotopic (exact) mass is 441 g/mol. The number of rotatable bonds is 7. The lowest BCUT2D eigenvalue weighted by Crippen LogP contribution is -2.42. The molecule has 9 nitrogen and oxygen atoms in total. The number of methoxy groups -OCH3 is 1. The Balaban J connectivity index is 1.40. The van der Waals surface area contributed by atoms with Crippen molar-refractivity contribution < 1.29 is 23.2 Å². The number of piperidine rings is 1. The second kappa shape index (κ2) is 9.21. The molecule has 0 spiro atoms. The van der Waals surface area contributed by atoms with Crippen molar-refractivity contribution in [3.05, 3.63) is 53.7 Å². The van der Waals surface area contributed by atoms with Crippen molar-refractivity contribution in [2.24, 2.45) is 5.92 Å². The first-order chi connectivity index (χ1) is 15.5. The minimum Gasteiger partial charge on any atom is -0.479 e. The molecule has 0 unspecified atom stereocenters. The van der Waals surface area contributed by atoms with E-state index in [1.165, 1.54) is 42.3 Å². The number of carbonyl (C=O) groups excluding carboxylic acids is 2. The van der Waals surface area contributed by atoms with E-state index in [1.54, 1.807) is 11.0 Å². The number of Topliss-reactive ketones (excluding diaryl/α,β-unsaturated/α-hetero) is 1. The molecule has 1 aromatic carbocycles. The van der Waals surface area contributed by atoms with Gasteiger partial charge in [-0.25, -0.2) is 9.07 Å². The smallest absolute Gasteiger partial charge is 0.254 e. The van der Waals surface area contributed by atoms with Crippen LogP contribution in [0.15, 0.2) is 41.1 Å². The fourth-order valence-corrected chi connectivity index (χ4v) is 3.87. The predicted octanol–water partition coefficient (Wildman–Crippen LogP) is 2.64. The van der Waals surface area contributed by atoms with Gasteiger partial charge in [0.25, 0.3) is 5.88 Å². The molecule has 168 valence electrons. The van der Waals surface area contributed by atoms with Gasteiger partial charge in [-0.1, -0.05) is 0 Å². The van der Waals surface area contributed by atoms with E-state index in [1.807, 2.05) is 0 Å². The maximum atomic E-state index is 13.2. The van der Waals surface area contributed by atoms with Crippen LogP contribution in [0.1, 0.15) is 35.4 Å². The molecular weight excluding hydrogens is 417 g/mol. The topological polar surface area (TPSA) is 116 Å². The Morgan fingerprint density at radius 1 is 1.31 bits per heavy atom. The zero-order chi connectivity index (χ0) is 22.7. The number of aryl methyl sites for hydroxylation is 1. The molecule has 32 heavy (non-hydrogen) atoms. The van der Waals surface area contributed by atoms with E-state index in [0.717, 1.165) is 6.42 Å². The van der Waals surface area contributed by atoms with Crippen LogP contribution >= 0.6 is 0 Å². The number of amides is 1. The molecule has 3 aromatic rings. The lowest BCUT2D eigenvalue weighted by Gasteiger charge is -2.32. The van der Waals surface area contributed by atoms with Crippen LogP contribution in [0, 0.1) is 11.7 Å². The fourth-order valence-electron chi connectivity index (χ4n) is 3.87. The number of hydrogen-bond acceptors (Lipinski definition) is 7. The predicted molar refractivity (Wildman–Crippen MR) is 113 cm³/mol. The highest BCUT2D eigenvalue weighted by Crippen LogP contribution is 2.26. The first-order valence-electron chi connectivity index (χ1n) is 10.4. The quantitative estimate of drug-likeness (QED) is 0.560. The fraction of sp³-hybridized carbons (Fsp3) is 0.364. The molecule has 1 aliphatic rings. The normalized spacial score (nSPS) is 16.2. The molecule has 10 heteroatoms. The molecule has 3 heterocycles. The Morgan fingerprint density at radius 3 is 2.81 bits per heavy atom. The number of likely N-dealkylation sites (tertiary alicyclic amines) is 1. The highest BCUT2D eigenvalue weighted by molar-refractivity contribution is 6.02. The Hall–Kier alpha value is -3.69. The maximum absolute atomic E-state index is 13.2. The summed E-state index contributed by atoms with van der Waals surface area (Å²) in [6.07, 6.45) is 3.48. The van der Waals surface area contributed by atoms with Gasteiger partial charge in [-0.3, -0.25) is 9.59 Å². The van der Waals surface area contributed by atoms with Crippen LogP contribution in [0.5, 0.6) is 5.88 Å². The van der Waals surface area contributed by atoms with E-state index in [-0.39, 0.29) is 35.7 Å². The third-order valence-electron chi connectivity index (χ3n) is 5.62. The van der Waals surface area contributed by atoms with Crippen LogP contribution in [0.2, 0.25) is 0 Å². The van der Waals surface area contributed by atoms with Gasteiger partial charge in [0.2, 0.25) is 5.91 Å². The van der Waals surface area contributed by atoms with Gasteiger partial charge in [0, 0.05) is 37.9 Å². The van der Waals surface area contributed by atoms with Gasteiger partial charge in [-0.05, 0) is 42.3 Å². The van der Waals surface area contributed by atoms with Gasteiger partial charge in [0.05, 0.1) is 24.6 Å². The average Bonchev–Trinajstić information content (AvgIpc) is 3.44. The van der Waals surface area contributed by atoms with Crippen molar-refractivity contribution >= 4 is 17.5 Å². The van der Waals surface area contributed by atoms with Crippen molar-refractivity contribution in [1.29, 1.82) is 0 Å². The summed E-state index contributed by atoms with van der Waals surface area (Å²) in [5.41, 5.74) is 7.05. The van der Waals surface area contributed by atoms with Crippen molar-refractivity contribution in [2.45, 2.75) is 25.7 Å². The van der Waals surface area contributed by atoms with Gasteiger partial charge in [0.15, 0.2) is 5.78 Å². The number of benzene rings is 1. The lowest BCUT2D eigenvalue weighted by atomic mass is 9.90. The zero-order valence-corrected chi connectivity index (χ0v) is 17.7. The zero-order valence-electron chi connectivity index (χ0n) is 17.7. The second-order valence-corrected chi connectivity index (χ2v) is 7.71. The van der Waals surface area contributed by atoms with Crippen molar-refractivity contribution in [2.75, 3.05) is 25.9 Å². The van der Waals surface area contributed by atoms with Gasteiger partial charge in [0.1, 0.15) is 17.4 Å². The van der Waals surface area contributed by atoms with Crippen LogP contribution in [0.3, 0.4) is 0 Å². The lowest BCUT2D eigenvalue weighted by molar-refractivity contribution is -0.132. The van der Waals surface area contributed by atoms with Gasteiger partial charge >= 0.3 is 0 Å². The molecule has 0 aliphatic carbocycles. The van der Waals surface area contributed by atoms with Gasteiger partial charge in [-0.15, -0.1) is 0 Å². The van der Waals surface area contributed by atoms with E-state index in [0.29, 0.717) is 48.8 Å². The van der Waals surface area contributed by atoms with Gasteiger partial charge in [-0.2, -0.15) is 5.10 Å². The highest BCUT2D eigenvalue weighted by atomic mass is 19.1. The van der Waals surface area contributed by atoms with Gasteiger partial charge < -0.3 is 19.9 Å². The number of anilines is 1. The number of ether oxygens (including phenoxy) is 1. The van der Waals surface area contributed by atoms with Crippen LogP contribution in [0.4, 0.5) is 10.2 Å². The summed E-state index contributed by atoms with van der Waals surface area (Å²) in [7, 11) is 1.49. The second-order valence-electron chi connectivity index (χ2n) is 7.71. The number of aromatic nitrogens is 3. The third kappa shape index (κ3) is 4.48. The molecule has 1 fully saturated rings. The van der Waals surface area contributed by atoms with E-state index < -0.39 is 0 Å². The molecule has 2 N–H and O–H groups in total. The summed E-state index contributed by atoms with van der Waals surface area (Å²) in [6, 6.07) is 7.34. The number of nitrogen functional groups attached to an aromatic ring is 1. The number of nitrogens with zero attached hydrogens (tertiary/aromatic N) is 4. The summed E-state index contributed by atoms with van der Waals surface area (Å²) in [4.78, 5) is 27.5. The van der Waals surface area contributed by atoms with Crippen molar-refractivity contribution in [3.63, 3.8) is 0 Å². The van der Waals surface area contributed by atoms with E-state index in [2.05, 4.69) is 10.3 Å². The number of nitrogens with two attached hydrogens (primary N) is 1. The van der Waals surface area contributed by atoms with Crippen molar-refractivity contribution in [1.82, 2.24) is 19.8 Å². The maximum Gasteiger partial charge on any atom is 0.254 e. The molecule has 0 bridgehead atoms. The van der Waals surface area contributed by atoms with E-state index >= 15 is 0 Å². The first-order valence-corrected chi connectivity index (χ1v) is 10.4. The minimum atomic E-state index is -0.370. The third-order valence-corrected chi connectivity index (χ3v) is 5.62. The number of halogens is 1. The Labute approximate surface area is 183 Å². The Morgan fingerprint density at radius 2 is 2.09 bits per heavy atom. The molecule has 1 saturated heterocycles. The van der Waals surface area contributed by atoms with Crippen LogP contribution < -0.4 is 10.5 Å². The number of ketones is 1. The number of hydrogen-bond donors (Lipinski definition) is 1. The molecule has 1 atom stereocenters. The largest absolute Gasteiger partial charge is 0.479 e. The Kier molecular flexibility index (Phi) is 6.20. The van der Waals surface area contributed by atoms with Crippen LogP contribution in [-0.4, -0.2) is 51.7 Å². The van der Waals surface area contributed by atoms with Crippen molar-refractivity contribution in [3.8, 4) is 11.6 Å². The summed E-state index contributed by atoms with van der Waals surface area (Å²) in [5.74, 6) is 0.220. The standard InChI is InChI=1S/C22H24FN5O4/c1-31-19-11-17(32-26-19)8-9-20(29)27-10-2-3-14(13-27)21(30)18-12-25-28(22(18)24)16-6-4-15(23)5-7-16/h4-7,11-12,14H,2-3,8-10,13,24H2,1H3/t14-/m1/s1. The molecular formula is C22H24FN5O4. The Bertz CT molecular complexity index is 1110. The first kappa shape index (κ1) is 21.5. The highest BCUT2D eigenvalue weighted by Gasteiger charge is 2.31. The molecule has 2 aromatic heterocycles. The molecule has 4 rings (SSSR count). The van der Waals surface area contributed by atoms with Crippen LogP contribution in [-0.2, 0) is 11.2 Å². The SMILES string of the molecule is COc1cc(CCC(=O)N2CCC[C@@H](C(=O)c3cnn(-c4ccc(F)cc4)c3N)C2)on1. The average molecular weight is 441 g/mol. The summed E-state index contributed by atoms with van der Waals surface area (Å²) >= 11 is 0. The minimum absolute atomic E-state index is 0.0483. The molecule has 0 radical (unpaired) electrons. The van der Waals surface area contributed by atoms with Crippen LogP contribution in [0.25, 0.3) is 5.69 Å². The summed E-state index contributed by atoms with van der Waals surface area (Å²) < 4.78 is 24.7. The number of carbonyl (C=O) groups is 2. The molecule has 1 aliphatic heterocycles.